The van der Waals surface area contributed by atoms with Gasteiger partial charge in [-0.05, 0) is 49.1 Å². The fourth-order valence-corrected chi connectivity index (χ4v) is 5.67. The Morgan fingerprint density at radius 2 is 2.20 bits per heavy atom. The minimum absolute atomic E-state index is 0.111. The Balaban J connectivity index is 1.85. The van der Waals surface area contributed by atoms with Crippen LogP contribution in [0.15, 0.2) is 12.1 Å². The molecule has 3 aliphatic carbocycles. The fraction of sp³-hybridized carbons (Fsp3) is 0.588. The van der Waals surface area contributed by atoms with Crippen LogP contribution in [-0.2, 0) is 16.6 Å². The molecule has 0 aromatic heterocycles. The molecular formula is C17H18O3. The van der Waals surface area contributed by atoms with Crippen molar-refractivity contribution >= 4 is 5.78 Å². The van der Waals surface area contributed by atoms with E-state index in [1.54, 1.807) is 6.07 Å². The second-order valence-electron chi connectivity index (χ2n) is 6.95. The molecule has 0 saturated heterocycles. The van der Waals surface area contributed by atoms with Crippen molar-refractivity contribution in [1.29, 1.82) is 0 Å². The lowest BCUT2D eigenvalue weighted by Crippen LogP contribution is -2.58. The first-order valence-corrected chi connectivity index (χ1v) is 7.76. The van der Waals surface area contributed by atoms with E-state index in [-0.39, 0.29) is 23.1 Å². The third kappa shape index (κ3) is 1.05. The van der Waals surface area contributed by atoms with Gasteiger partial charge in [0.25, 0.3) is 0 Å². The van der Waals surface area contributed by atoms with Crippen LogP contribution in [0.3, 0.4) is 0 Å². The summed E-state index contributed by atoms with van der Waals surface area (Å²) < 4.78 is 6.02. The maximum Gasteiger partial charge on any atom is 0.174 e. The largest absolute Gasteiger partial charge is 0.504 e. The van der Waals surface area contributed by atoms with E-state index in [1.807, 2.05) is 0 Å². The number of aromatic hydroxyl groups is 1. The van der Waals surface area contributed by atoms with Gasteiger partial charge in [-0.2, -0.15) is 0 Å². The zero-order chi connectivity index (χ0) is 13.5. The van der Waals surface area contributed by atoms with Gasteiger partial charge < -0.3 is 9.84 Å². The molecule has 20 heavy (non-hydrogen) atoms. The number of carbonyl (C=O) groups is 1. The molecule has 1 aliphatic heterocycles. The van der Waals surface area contributed by atoms with Crippen LogP contribution in [-0.4, -0.2) is 17.0 Å². The summed E-state index contributed by atoms with van der Waals surface area (Å²) in [6, 6.07) is 3.79. The van der Waals surface area contributed by atoms with E-state index >= 15 is 0 Å². The molecule has 4 aliphatic rings. The lowest BCUT2D eigenvalue weighted by molar-refractivity contribution is -0.136. The van der Waals surface area contributed by atoms with Gasteiger partial charge in [0.1, 0.15) is 0 Å². The van der Waals surface area contributed by atoms with E-state index in [4.69, 9.17) is 4.74 Å². The SMILES string of the molecule is O=C1CCC2[C@@H]3CCCC24c2c(ccc(O)c2O[C@@H]14)C3. The summed E-state index contributed by atoms with van der Waals surface area (Å²) >= 11 is 0. The van der Waals surface area contributed by atoms with Crippen molar-refractivity contribution in [3.63, 3.8) is 0 Å². The molecule has 2 unspecified atom stereocenters. The van der Waals surface area contributed by atoms with Crippen molar-refractivity contribution in [2.24, 2.45) is 11.8 Å². The van der Waals surface area contributed by atoms with Gasteiger partial charge in [0.05, 0.1) is 0 Å². The van der Waals surface area contributed by atoms with E-state index in [0.29, 0.717) is 24.0 Å². The zero-order valence-corrected chi connectivity index (χ0v) is 11.4. The van der Waals surface area contributed by atoms with Crippen molar-refractivity contribution in [2.75, 3.05) is 0 Å². The Hall–Kier alpha value is -1.51. The lowest BCUT2D eigenvalue weighted by Gasteiger charge is -2.54. The molecule has 1 aromatic rings. The third-order valence-electron chi connectivity index (χ3n) is 6.26. The summed E-state index contributed by atoms with van der Waals surface area (Å²) in [7, 11) is 0. The number of Topliss-reactive ketones (excluding diaryl/α,β-unsaturated/α-hetero) is 1. The summed E-state index contributed by atoms with van der Waals surface area (Å²) in [5.41, 5.74) is 2.40. The first-order chi connectivity index (χ1) is 9.72. The molecule has 104 valence electrons. The minimum atomic E-state index is -0.327. The molecule has 4 atom stereocenters. The van der Waals surface area contributed by atoms with Gasteiger partial charge in [-0.1, -0.05) is 12.5 Å². The molecule has 1 aromatic carbocycles. The number of ether oxygens (including phenoxy) is 1. The smallest absolute Gasteiger partial charge is 0.174 e. The Morgan fingerprint density at radius 1 is 1.30 bits per heavy atom. The van der Waals surface area contributed by atoms with Crippen molar-refractivity contribution < 1.29 is 14.6 Å². The number of ketones is 1. The summed E-state index contributed by atoms with van der Waals surface area (Å²) in [5.74, 6) is 2.35. The zero-order valence-electron chi connectivity index (χ0n) is 11.4. The number of hydrogen-bond donors (Lipinski definition) is 1. The lowest BCUT2D eigenvalue weighted by atomic mass is 9.48. The highest BCUT2D eigenvalue weighted by molar-refractivity contribution is 5.89. The Bertz CT molecular complexity index is 635. The molecule has 2 fully saturated rings. The number of carbonyl (C=O) groups excluding carboxylic acids is 1. The predicted molar refractivity (Wildman–Crippen MR) is 73.0 cm³/mol. The molecular weight excluding hydrogens is 252 g/mol. The number of phenols is 1. The van der Waals surface area contributed by atoms with Gasteiger partial charge in [-0.3, -0.25) is 4.79 Å². The van der Waals surface area contributed by atoms with Crippen LogP contribution in [0.5, 0.6) is 11.5 Å². The fourth-order valence-electron chi connectivity index (χ4n) is 5.67. The molecule has 0 radical (unpaired) electrons. The monoisotopic (exact) mass is 270 g/mol. The van der Waals surface area contributed by atoms with E-state index in [2.05, 4.69) is 6.07 Å². The molecule has 2 saturated carbocycles. The summed E-state index contributed by atoms with van der Waals surface area (Å²) in [4.78, 5) is 12.4. The maximum atomic E-state index is 12.4. The molecule has 3 nitrogen and oxygen atoms in total. The average molecular weight is 270 g/mol. The standard InChI is InChI=1S/C17H18O3/c18-12-5-3-10-8-9-2-1-7-17-11(9)4-6-13(19)16(17)20-15(12)14(10)17/h3,5,9,11,16,18H,1-2,4,6-8H2/t9-,11?,16+,17?/m1/s1. The van der Waals surface area contributed by atoms with Crippen LogP contribution in [0.2, 0.25) is 0 Å². The maximum absolute atomic E-state index is 12.4. The highest BCUT2D eigenvalue weighted by Gasteiger charge is 2.64. The first-order valence-electron chi connectivity index (χ1n) is 7.76. The Labute approximate surface area is 117 Å². The van der Waals surface area contributed by atoms with Crippen molar-refractivity contribution in [1.82, 2.24) is 0 Å². The van der Waals surface area contributed by atoms with E-state index in [1.165, 1.54) is 24.0 Å². The van der Waals surface area contributed by atoms with Crippen molar-refractivity contribution in [3.8, 4) is 11.5 Å². The van der Waals surface area contributed by atoms with E-state index in [0.717, 1.165) is 19.3 Å². The summed E-state index contributed by atoms with van der Waals surface area (Å²) in [6.07, 6.45) is 5.95. The highest BCUT2D eigenvalue weighted by atomic mass is 16.5. The predicted octanol–water partition coefficient (Wildman–Crippen LogP) is 2.73. The van der Waals surface area contributed by atoms with Gasteiger partial charge in [-0.25, -0.2) is 0 Å². The van der Waals surface area contributed by atoms with E-state index in [9.17, 15) is 9.90 Å². The summed E-state index contributed by atoms with van der Waals surface area (Å²) in [6.45, 7) is 0. The Morgan fingerprint density at radius 3 is 3.10 bits per heavy atom. The highest BCUT2D eigenvalue weighted by Crippen LogP contribution is 2.65. The second kappa shape index (κ2) is 3.38. The van der Waals surface area contributed by atoms with Crippen LogP contribution in [0.25, 0.3) is 0 Å². The van der Waals surface area contributed by atoms with Gasteiger partial charge in [-0.15, -0.1) is 0 Å². The molecule has 2 bridgehead atoms. The van der Waals surface area contributed by atoms with Crippen molar-refractivity contribution in [3.05, 3.63) is 23.3 Å². The molecule has 3 heteroatoms. The first kappa shape index (κ1) is 11.2. The van der Waals surface area contributed by atoms with Crippen LogP contribution in [0, 0.1) is 11.8 Å². The molecule has 0 amide bonds. The number of rotatable bonds is 0. The van der Waals surface area contributed by atoms with Gasteiger partial charge in [0, 0.05) is 17.4 Å². The van der Waals surface area contributed by atoms with Crippen LogP contribution in [0.4, 0.5) is 0 Å². The topological polar surface area (TPSA) is 46.5 Å². The Kier molecular flexibility index (Phi) is 1.89. The number of hydrogen-bond acceptors (Lipinski definition) is 3. The number of phenolic OH excluding ortho intramolecular Hbond substituents is 1. The van der Waals surface area contributed by atoms with Crippen molar-refractivity contribution in [2.45, 2.75) is 50.0 Å². The summed E-state index contributed by atoms with van der Waals surface area (Å²) in [5, 5.41) is 10.2. The third-order valence-corrected chi connectivity index (χ3v) is 6.26. The normalized spacial score (nSPS) is 40.2. The average Bonchev–Trinajstić information content (AvgIpc) is 2.78. The second-order valence-corrected chi connectivity index (χ2v) is 6.95. The van der Waals surface area contributed by atoms with Crippen LogP contribution >= 0.6 is 0 Å². The molecule has 1 spiro atoms. The number of benzene rings is 1. The quantitative estimate of drug-likeness (QED) is 0.788. The molecule has 5 rings (SSSR count). The van der Waals surface area contributed by atoms with Gasteiger partial charge in [0.15, 0.2) is 23.4 Å². The molecule has 1 N–H and O–H groups in total. The molecule has 1 heterocycles. The van der Waals surface area contributed by atoms with Crippen LogP contribution < -0.4 is 4.74 Å². The van der Waals surface area contributed by atoms with Crippen LogP contribution in [0.1, 0.15) is 43.2 Å². The minimum Gasteiger partial charge on any atom is -0.504 e. The van der Waals surface area contributed by atoms with Gasteiger partial charge >= 0.3 is 0 Å². The van der Waals surface area contributed by atoms with E-state index < -0.39 is 0 Å². The van der Waals surface area contributed by atoms with Gasteiger partial charge in [0.2, 0.25) is 0 Å².